The van der Waals surface area contributed by atoms with Crippen LogP contribution in [0.4, 0.5) is 0 Å². The van der Waals surface area contributed by atoms with Crippen molar-refractivity contribution in [2.24, 2.45) is 16.7 Å². The van der Waals surface area contributed by atoms with Gasteiger partial charge < -0.3 is 19.3 Å². The third-order valence-electron chi connectivity index (χ3n) is 11.3. The highest BCUT2D eigenvalue weighted by atomic mass is 16.7. The summed E-state index contributed by atoms with van der Waals surface area (Å²) in [6.07, 6.45) is 7.31. The van der Waals surface area contributed by atoms with Gasteiger partial charge >= 0.3 is 0 Å². The lowest BCUT2D eigenvalue weighted by Crippen LogP contribution is -2.84. The van der Waals surface area contributed by atoms with Gasteiger partial charge in [-0.05, 0) is 62.6 Å². The van der Waals surface area contributed by atoms with Crippen LogP contribution in [-0.2, 0) is 21.3 Å². The summed E-state index contributed by atoms with van der Waals surface area (Å²) in [7, 11) is 0. The molecule has 0 unspecified atom stereocenters. The molecule has 2 saturated heterocycles. The van der Waals surface area contributed by atoms with Crippen molar-refractivity contribution >= 4 is 0 Å². The minimum Gasteiger partial charge on any atom is -0.504 e. The highest BCUT2D eigenvalue weighted by molar-refractivity contribution is 5.63. The number of piperidine rings is 1. The second-order valence-corrected chi connectivity index (χ2v) is 12.8. The maximum Gasteiger partial charge on any atom is 0.165 e. The summed E-state index contributed by atoms with van der Waals surface area (Å²) in [4.78, 5) is 2.68. The zero-order chi connectivity index (χ0) is 23.0. The number of hydrogen-bond donors (Lipinski definition) is 1. The molecule has 5 nitrogen and oxygen atoms in total. The average Bonchev–Trinajstić information content (AvgIpc) is 3.14. The van der Waals surface area contributed by atoms with Gasteiger partial charge in [0.25, 0.3) is 0 Å². The maximum absolute atomic E-state index is 10.9. The minimum atomic E-state index is -0.382. The van der Waals surface area contributed by atoms with Crippen molar-refractivity contribution in [3.05, 3.63) is 35.9 Å². The third kappa shape index (κ3) is 2.02. The van der Waals surface area contributed by atoms with Crippen molar-refractivity contribution < 1.29 is 19.3 Å². The Hall–Kier alpha value is -1.56. The summed E-state index contributed by atoms with van der Waals surface area (Å²) >= 11 is 0. The van der Waals surface area contributed by atoms with Crippen molar-refractivity contribution in [1.82, 2.24) is 4.90 Å². The molecule has 3 aliphatic heterocycles. The van der Waals surface area contributed by atoms with E-state index in [9.17, 15) is 5.11 Å². The van der Waals surface area contributed by atoms with Gasteiger partial charge in [-0.1, -0.05) is 32.9 Å². The van der Waals surface area contributed by atoms with Gasteiger partial charge in [-0.3, -0.25) is 4.90 Å². The van der Waals surface area contributed by atoms with Crippen LogP contribution < -0.4 is 4.74 Å². The Kier molecular flexibility index (Phi) is 3.76. The Bertz CT molecular complexity index is 1060. The number of phenols is 1. The summed E-state index contributed by atoms with van der Waals surface area (Å²) in [6, 6.07) is 4.44. The van der Waals surface area contributed by atoms with Crippen LogP contribution in [0.2, 0.25) is 0 Å². The van der Waals surface area contributed by atoms with E-state index in [1.807, 2.05) is 6.07 Å². The lowest BCUT2D eigenvalue weighted by molar-refractivity contribution is -0.389. The molecule has 3 heterocycles. The van der Waals surface area contributed by atoms with E-state index < -0.39 is 0 Å². The van der Waals surface area contributed by atoms with Gasteiger partial charge in [0.1, 0.15) is 18.5 Å². The number of nitrogens with zero attached hydrogens (tertiary/aromatic N) is 1. The lowest BCUT2D eigenvalue weighted by atomic mass is 9.33. The van der Waals surface area contributed by atoms with E-state index >= 15 is 0 Å². The summed E-state index contributed by atoms with van der Waals surface area (Å²) in [5.74, 6) is 1.28. The fourth-order valence-corrected chi connectivity index (χ4v) is 9.58. The van der Waals surface area contributed by atoms with E-state index in [1.165, 1.54) is 11.1 Å². The molecule has 4 bridgehead atoms. The molecule has 7 aliphatic rings. The molecule has 4 aliphatic carbocycles. The quantitative estimate of drug-likeness (QED) is 0.669. The van der Waals surface area contributed by atoms with Crippen LogP contribution in [-0.4, -0.2) is 53.2 Å². The first-order chi connectivity index (χ1) is 15.6. The molecular weight excluding hydrogens is 414 g/mol. The van der Waals surface area contributed by atoms with Crippen molar-refractivity contribution in [3.8, 4) is 11.5 Å². The molecule has 178 valence electrons. The van der Waals surface area contributed by atoms with Crippen LogP contribution in [0, 0.1) is 16.7 Å². The number of phenolic OH excluding ortho intramolecular Hbond substituents is 1. The topological polar surface area (TPSA) is 51.2 Å². The monoisotopic (exact) mass is 451 g/mol. The van der Waals surface area contributed by atoms with Gasteiger partial charge in [-0.2, -0.15) is 0 Å². The van der Waals surface area contributed by atoms with E-state index in [1.54, 1.807) is 0 Å². The predicted molar refractivity (Wildman–Crippen MR) is 125 cm³/mol. The number of hydrogen-bond acceptors (Lipinski definition) is 5. The van der Waals surface area contributed by atoms with Gasteiger partial charge in [0.2, 0.25) is 0 Å². The molecule has 0 aromatic heterocycles. The number of rotatable bonds is 2. The molecule has 0 amide bonds. The molecule has 1 aromatic rings. The lowest BCUT2D eigenvalue weighted by Gasteiger charge is -2.76. The van der Waals surface area contributed by atoms with Crippen LogP contribution in [0.5, 0.6) is 11.5 Å². The fraction of sp³-hybridized carbons (Fsp3) is 0.714. The first-order valence-electron chi connectivity index (χ1n) is 12.8. The van der Waals surface area contributed by atoms with Gasteiger partial charge in [-0.15, -0.1) is 6.58 Å². The van der Waals surface area contributed by atoms with Crippen LogP contribution in [0.25, 0.3) is 0 Å². The van der Waals surface area contributed by atoms with E-state index in [0.717, 1.165) is 50.9 Å². The Morgan fingerprint density at radius 1 is 1.21 bits per heavy atom. The highest BCUT2D eigenvalue weighted by Crippen LogP contribution is 2.78. The first-order valence-corrected chi connectivity index (χ1v) is 12.8. The Labute approximate surface area is 197 Å². The molecule has 8 rings (SSSR count). The molecule has 7 atom stereocenters. The smallest absolute Gasteiger partial charge is 0.165 e. The molecule has 33 heavy (non-hydrogen) atoms. The molecule has 1 N–H and O–H groups in total. The average molecular weight is 452 g/mol. The van der Waals surface area contributed by atoms with Crippen LogP contribution in [0.3, 0.4) is 0 Å². The maximum atomic E-state index is 10.9. The van der Waals surface area contributed by atoms with Crippen LogP contribution >= 0.6 is 0 Å². The standard InChI is InChI=1S/C28H37NO4/c1-6-12-29-13-11-27-21-17-7-8-18(30)22(21)33-23(27)28-10-9-26(27,20(29)14-17)15-19(28)25(5,24(2,3)4)31-16-32-28/h6-8,19-20,23,30H,1,9-16H2,2-5H3/t19-,20-,23-,25+,26+,27+,28-/m1/s1. The Morgan fingerprint density at radius 2 is 2.03 bits per heavy atom. The van der Waals surface area contributed by atoms with Crippen LogP contribution in [0.15, 0.2) is 24.8 Å². The second-order valence-electron chi connectivity index (χ2n) is 12.8. The minimum absolute atomic E-state index is 0.0287. The molecule has 3 spiro atoms. The zero-order valence-corrected chi connectivity index (χ0v) is 20.4. The van der Waals surface area contributed by atoms with Gasteiger partial charge in [0.15, 0.2) is 11.5 Å². The normalized spacial score (nSPS) is 47.0. The fourth-order valence-electron chi connectivity index (χ4n) is 9.58. The van der Waals surface area contributed by atoms with E-state index in [-0.39, 0.29) is 45.2 Å². The van der Waals surface area contributed by atoms with Crippen molar-refractivity contribution in [2.45, 2.75) is 88.6 Å². The van der Waals surface area contributed by atoms with Crippen LogP contribution in [0.1, 0.15) is 64.5 Å². The first kappa shape index (κ1) is 20.8. The molecule has 1 aromatic carbocycles. The van der Waals surface area contributed by atoms with Gasteiger partial charge in [0.05, 0.1) is 5.60 Å². The third-order valence-corrected chi connectivity index (χ3v) is 11.3. The largest absolute Gasteiger partial charge is 0.504 e. The molecule has 3 saturated carbocycles. The van der Waals surface area contributed by atoms with E-state index in [2.05, 4.69) is 51.3 Å². The van der Waals surface area contributed by atoms with Crippen molar-refractivity contribution in [2.75, 3.05) is 19.9 Å². The summed E-state index contributed by atoms with van der Waals surface area (Å²) in [5.41, 5.74) is 1.95. The predicted octanol–water partition coefficient (Wildman–Crippen LogP) is 4.56. The summed E-state index contributed by atoms with van der Waals surface area (Å²) < 4.78 is 20.2. The van der Waals surface area contributed by atoms with E-state index in [4.69, 9.17) is 14.2 Å². The zero-order valence-electron chi connectivity index (χ0n) is 20.4. The Balaban J connectivity index is 1.51. The molecular formula is C28H37NO4. The summed E-state index contributed by atoms with van der Waals surface area (Å²) in [5, 5.41) is 10.9. The number of benzene rings is 1. The van der Waals surface area contributed by atoms with Crippen molar-refractivity contribution in [3.63, 3.8) is 0 Å². The van der Waals surface area contributed by atoms with E-state index in [0.29, 0.717) is 12.8 Å². The Morgan fingerprint density at radius 3 is 2.79 bits per heavy atom. The number of fused-ring (bicyclic) bond motifs is 1. The second kappa shape index (κ2) is 5.98. The summed E-state index contributed by atoms with van der Waals surface area (Å²) in [6.45, 7) is 15.6. The van der Waals surface area contributed by atoms with Gasteiger partial charge in [-0.25, -0.2) is 0 Å². The number of aromatic hydroxyl groups is 1. The highest BCUT2D eigenvalue weighted by Gasteiger charge is 2.83. The number of likely N-dealkylation sites (tertiary alicyclic amines) is 1. The molecule has 5 fully saturated rings. The number of ether oxygens (including phenoxy) is 3. The molecule has 0 radical (unpaired) electrons. The van der Waals surface area contributed by atoms with Crippen molar-refractivity contribution in [1.29, 1.82) is 0 Å². The SMILES string of the molecule is C=CCN1CC[C@]23c4c5ccc(O)c4O[C@H]2[C@@]24CC[C@]3(C[C@@H]2[C@@](C)(C(C)(C)C)OCO4)[C@H]1C5. The molecule has 5 heteroatoms. The van der Waals surface area contributed by atoms with Gasteiger partial charge in [0, 0.05) is 34.9 Å².